The summed E-state index contributed by atoms with van der Waals surface area (Å²) < 4.78 is 0. The molecule has 1 N–H and O–H groups in total. The van der Waals surface area contributed by atoms with Crippen LogP contribution in [-0.4, -0.2) is 30.6 Å². The van der Waals surface area contributed by atoms with E-state index in [1.165, 1.54) is 24.8 Å². The highest BCUT2D eigenvalue weighted by Crippen LogP contribution is 2.24. The Morgan fingerprint density at radius 2 is 1.95 bits per heavy atom. The topological polar surface area (TPSA) is 15.3 Å². The van der Waals surface area contributed by atoms with Crippen LogP contribution in [0.25, 0.3) is 0 Å². The van der Waals surface area contributed by atoms with Crippen molar-refractivity contribution in [1.82, 2.24) is 10.2 Å². The lowest BCUT2D eigenvalue weighted by Gasteiger charge is -2.33. The summed E-state index contributed by atoms with van der Waals surface area (Å²) in [5.41, 5.74) is 1.33. The molecule has 0 heterocycles. The Balaban J connectivity index is 1.94. The summed E-state index contributed by atoms with van der Waals surface area (Å²) >= 11 is 5.95. The van der Waals surface area contributed by atoms with Gasteiger partial charge in [0.1, 0.15) is 0 Å². The smallest absolute Gasteiger partial charge is 0.0406 e. The van der Waals surface area contributed by atoms with Gasteiger partial charge < -0.3 is 5.32 Å². The highest BCUT2D eigenvalue weighted by molar-refractivity contribution is 6.30. The molecule has 0 saturated heterocycles. The highest BCUT2D eigenvalue weighted by Gasteiger charge is 2.24. The Bertz CT molecular complexity index is 386. The molecular weight excluding hydrogens is 256 g/mol. The van der Waals surface area contributed by atoms with E-state index in [4.69, 9.17) is 11.6 Å². The van der Waals surface area contributed by atoms with Gasteiger partial charge in [0.15, 0.2) is 0 Å². The molecule has 0 bridgehead atoms. The first-order valence-corrected chi connectivity index (χ1v) is 7.70. The molecule has 2 atom stereocenters. The normalized spacial score (nSPS) is 18.6. The molecule has 2 rings (SSSR count). The molecule has 106 valence electrons. The molecule has 1 saturated carbocycles. The van der Waals surface area contributed by atoms with E-state index in [0.29, 0.717) is 12.1 Å². The van der Waals surface area contributed by atoms with Crippen molar-refractivity contribution in [1.29, 1.82) is 0 Å². The molecule has 19 heavy (non-hydrogen) atoms. The number of benzene rings is 1. The summed E-state index contributed by atoms with van der Waals surface area (Å²) in [4.78, 5) is 2.47. The summed E-state index contributed by atoms with van der Waals surface area (Å²) in [6, 6.07) is 10.0. The first-order chi connectivity index (χ1) is 9.11. The van der Waals surface area contributed by atoms with E-state index in [1.54, 1.807) is 0 Å². The van der Waals surface area contributed by atoms with Crippen molar-refractivity contribution in [2.24, 2.45) is 0 Å². The van der Waals surface area contributed by atoms with E-state index >= 15 is 0 Å². The molecule has 0 amide bonds. The van der Waals surface area contributed by atoms with Gasteiger partial charge in [-0.1, -0.05) is 30.7 Å². The standard InChI is InChI=1S/C16H25ClN2/c1-4-16(11-18-15-9-10-15)19(3)12(2)13-5-7-14(17)8-6-13/h5-8,12,15-16,18H,4,9-11H2,1-3H3. The number of hydrogen-bond acceptors (Lipinski definition) is 2. The quantitative estimate of drug-likeness (QED) is 0.816. The number of halogens is 1. The van der Waals surface area contributed by atoms with Crippen molar-refractivity contribution >= 4 is 11.6 Å². The van der Waals surface area contributed by atoms with Crippen molar-refractivity contribution in [3.05, 3.63) is 34.9 Å². The first-order valence-electron chi connectivity index (χ1n) is 7.32. The van der Waals surface area contributed by atoms with E-state index in [0.717, 1.165) is 17.6 Å². The Kier molecular flexibility index (Phi) is 5.26. The van der Waals surface area contributed by atoms with Gasteiger partial charge in [0.05, 0.1) is 0 Å². The van der Waals surface area contributed by atoms with Gasteiger partial charge in [0.25, 0.3) is 0 Å². The monoisotopic (exact) mass is 280 g/mol. The zero-order chi connectivity index (χ0) is 13.8. The summed E-state index contributed by atoms with van der Waals surface area (Å²) in [5.74, 6) is 0. The lowest BCUT2D eigenvalue weighted by molar-refractivity contribution is 0.175. The van der Waals surface area contributed by atoms with Crippen LogP contribution in [0.5, 0.6) is 0 Å². The summed E-state index contributed by atoms with van der Waals surface area (Å²) in [6.07, 6.45) is 3.88. The second-order valence-corrected chi connectivity index (χ2v) is 6.07. The molecule has 0 aliphatic heterocycles. The van der Waals surface area contributed by atoms with Crippen molar-refractivity contribution in [2.45, 2.75) is 51.2 Å². The minimum atomic E-state index is 0.420. The van der Waals surface area contributed by atoms with E-state index in [1.807, 2.05) is 12.1 Å². The number of rotatable bonds is 7. The molecule has 1 fully saturated rings. The van der Waals surface area contributed by atoms with E-state index in [2.05, 4.69) is 43.2 Å². The maximum Gasteiger partial charge on any atom is 0.0406 e. The lowest BCUT2D eigenvalue weighted by atomic mass is 10.0. The van der Waals surface area contributed by atoms with Crippen LogP contribution < -0.4 is 5.32 Å². The fourth-order valence-corrected chi connectivity index (χ4v) is 2.59. The molecule has 0 spiro atoms. The molecule has 1 aliphatic carbocycles. The molecule has 0 radical (unpaired) electrons. The van der Waals surface area contributed by atoms with Gasteiger partial charge in [-0.2, -0.15) is 0 Å². The fraction of sp³-hybridized carbons (Fsp3) is 0.625. The predicted molar refractivity (Wildman–Crippen MR) is 82.7 cm³/mol. The minimum absolute atomic E-state index is 0.420. The zero-order valence-electron chi connectivity index (χ0n) is 12.2. The van der Waals surface area contributed by atoms with Gasteiger partial charge in [-0.3, -0.25) is 4.90 Å². The van der Waals surface area contributed by atoms with Crippen LogP contribution in [0.4, 0.5) is 0 Å². The van der Waals surface area contributed by atoms with Crippen LogP contribution in [0.3, 0.4) is 0 Å². The molecule has 1 aromatic rings. The molecule has 1 aliphatic rings. The van der Waals surface area contributed by atoms with Crippen LogP contribution >= 0.6 is 11.6 Å². The van der Waals surface area contributed by atoms with Gasteiger partial charge in [0.2, 0.25) is 0 Å². The molecule has 0 aromatic heterocycles. The van der Waals surface area contributed by atoms with Gasteiger partial charge in [-0.05, 0) is 50.9 Å². The van der Waals surface area contributed by atoms with E-state index < -0.39 is 0 Å². The third kappa shape index (κ3) is 4.20. The second-order valence-electron chi connectivity index (χ2n) is 5.64. The number of nitrogens with zero attached hydrogens (tertiary/aromatic N) is 1. The van der Waals surface area contributed by atoms with Gasteiger partial charge in [-0.15, -0.1) is 0 Å². The predicted octanol–water partition coefficient (Wildman–Crippen LogP) is 3.86. The maximum absolute atomic E-state index is 5.95. The molecule has 2 nitrogen and oxygen atoms in total. The van der Waals surface area contributed by atoms with Crippen LogP contribution in [0, 0.1) is 0 Å². The van der Waals surface area contributed by atoms with Crippen LogP contribution in [0.2, 0.25) is 5.02 Å². The summed E-state index contributed by atoms with van der Waals surface area (Å²) in [7, 11) is 2.22. The largest absolute Gasteiger partial charge is 0.312 e. The van der Waals surface area contributed by atoms with E-state index in [9.17, 15) is 0 Å². The second kappa shape index (κ2) is 6.74. The number of hydrogen-bond donors (Lipinski definition) is 1. The average Bonchev–Trinajstić information content (AvgIpc) is 3.23. The lowest BCUT2D eigenvalue weighted by Crippen LogP contribution is -2.41. The Morgan fingerprint density at radius 1 is 1.32 bits per heavy atom. The van der Waals surface area contributed by atoms with Crippen molar-refractivity contribution in [3.8, 4) is 0 Å². The summed E-state index contributed by atoms with van der Waals surface area (Å²) in [6.45, 7) is 5.63. The highest BCUT2D eigenvalue weighted by atomic mass is 35.5. The first kappa shape index (κ1) is 14.8. The van der Waals surface area contributed by atoms with Gasteiger partial charge in [0, 0.05) is 29.7 Å². The van der Waals surface area contributed by atoms with Crippen LogP contribution in [-0.2, 0) is 0 Å². The van der Waals surface area contributed by atoms with Gasteiger partial charge in [-0.25, -0.2) is 0 Å². The molecule has 2 unspecified atom stereocenters. The van der Waals surface area contributed by atoms with Crippen molar-refractivity contribution in [3.63, 3.8) is 0 Å². The molecule has 1 aromatic carbocycles. The third-order valence-corrected chi connectivity index (χ3v) is 4.48. The van der Waals surface area contributed by atoms with Gasteiger partial charge >= 0.3 is 0 Å². The Morgan fingerprint density at radius 3 is 2.47 bits per heavy atom. The Labute approximate surface area is 122 Å². The SMILES string of the molecule is CCC(CNC1CC1)N(C)C(C)c1ccc(Cl)cc1. The third-order valence-electron chi connectivity index (χ3n) is 4.23. The summed E-state index contributed by atoms with van der Waals surface area (Å²) in [5, 5.41) is 4.45. The van der Waals surface area contributed by atoms with E-state index in [-0.39, 0.29) is 0 Å². The number of nitrogens with one attached hydrogen (secondary N) is 1. The van der Waals surface area contributed by atoms with Crippen molar-refractivity contribution < 1.29 is 0 Å². The minimum Gasteiger partial charge on any atom is -0.312 e. The average molecular weight is 281 g/mol. The van der Waals surface area contributed by atoms with Crippen LogP contribution in [0.1, 0.15) is 44.7 Å². The number of likely N-dealkylation sites (N-methyl/N-ethyl adjacent to an activating group) is 1. The fourth-order valence-electron chi connectivity index (χ4n) is 2.46. The molecule has 3 heteroatoms. The zero-order valence-corrected chi connectivity index (χ0v) is 13.0. The van der Waals surface area contributed by atoms with Crippen molar-refractivity contribution in [2.75, 3.05) is 13.6 Å². The maximum atomic E-state index is 5.95. The van der Waals surface area contributed by atoms with Crippen LogP contribution in [0.15, 0.2) is 24.3 Å². The molecular formula is C16H25ClN2. The Hall–Kier alpha value is -0.570.